The number of hydrogen-bond donors (Lipinski definition) is 1. The van der Waals surface area contributed by atoms with Gasteiger partial charge in [0.2, 0.25) is 0 Å². The average Bonchev–Trinajstić information content (AvgIpc) is 3.21. The number of aryl methyl sites for hydroxylation is 4. The van der Waals surface area contributed by atoms with Crippen molar-refractivity contribution >= 4 is 16.9 Å². The van der Waals surface area contributed by atoms with Gasteiger partial charge in [0.25, 0.3) is 5.91 Å². The van der Waals surface area contributed by atoms with Gasteiger partial charge in [0.15, 0.2) is 0 Å². The molecule has 2 aromatic carbocycles. The van der Waals surface area contributed by atoms with E-state index in [1.54, 1.807) is 24.5 Å². The van der Waals surface area contributed by atoms with Crippen LogP contribution in [-0.4, -0.2) is 33.6 Å². The number of aromatic nitrogens is 3. The lowest BCUT2D eigenvalue weighted by molar-refractivity contribution is 0.0953. The molecule has 0 bridgehead atoms. The van der Waals surface area contributed by atoms with Gasteiger partial charge in [-0.2, -0.15) is 0 Å². The molecule has 0 spiro atoms. The predicted molar refractivity (Wildman–Crippen MR) is 135 cm³/mol. The molecule has 34 heavy (non-hydrogen) atoms. The number of para-hydroxylation sites is 2. The lowest BCUT2D eigenvalue weighted by atomic mass is 10.1. The van der Waals surface area contributed by atoms with E-state index in [9.17, 15) is 4.79 Å². The zero-order valence-electron chi connectivity index (χ0n) is 20.0. The number of benzene rings is 2. The molecule has 0 aliphatic carbocycles. The third kappa shape index (κ3) is 6.01. The summed E-state index contributed by atoms with van der Waals surface area (Å²) < 4.78 is 8.34. The lowest BCUT2D eigenvalue weighted by Gasteiger charge is -2.12. The largest absolute Gasteiger partial charge is 0.493 e. The molecule has 0 aliphatic heterocycles. The number of nitrogens with zero attached hydrogens (tertiary/aromatic N) is 3. The van der Waals surface area contributed by atoms with Gasteiger partial charge in [0, 0.05) is 37.5 Å². The molecule has 4 aromatic rings. The number of hydrogen-bond acceptors (Lipinski definition) is 4. The van der Waals surface area contributed by atoms with Crippen molar-refractivity contribution < 1.29 is 9.53 Å². The van der Waals surface area contributed by atoms with E-state index in [1.165, 1.54) is 11.1 Å². The number of carbonyl (C=O) groups is 1. The number of pyridine rings is 1. The standard InChI is InChI=1S/C28H32N4O2/c1-21-11-12-22(2)26(20-21)34-19-6-5-18-32-25-9-4-3-8-24(25)31-27(32)10-7-15-30-28(33)23-13-16-29-17-14-23/h3-4,8-9,11-14,16-17,20H,5-7,10,15,18-19H2,1-2H3,(H,30,33). The van der Waals surface area contributed by atoms with Crippen LogP contribution in [0.3, 0.4) is 0 Å². The Morgan fingerprint density at radius 3 is 2.68 bits per heavy atom. The first kappa shape index (κ1) is 23.5. The average molecular weight is 457 g/mol. The van der Waals surface area contributed by atoms with Gasteiger partial charge in [-0.3, -0.25) is 9.78 Å². The van der Waals surface area contributed by atoms with Crippen LogP contribution in [0.15, 0.2) is 67.0 Å². The molecular weight excluding hydrogens is 424 g/mol. The summed E-state index contributed by atoms with van der Waals surface area (Å²) in [4.78, 5) is 21.1. The number of ether oxygens (including phenoxy) is 1. The summed E-state index contributed by atoms with van der Waals surface area (Å²) in [6.45, 7) is 6.37. The highest BCUT2D eigenvalue weighted by Crippen LogP contribution is 2.20. The van der Waals surface area contributed by atoms with Crippen LogP contribution >= 0.6 is 0 Å². The Bertz CT molecular complexity index is 1230. The van der Waals surface area contributed by atoms with Crippen molar-refractivity contribution in [2.75, 3.05) is 13.2 Å². The van der Waals surface area contributed by atoms with E-state index < -0.39 is 0 Å². The van der Waals surface area contributed by atoms with E-state index in [4.69, 9.17) is 9.72 Å². The smallest absolute Gasteiger partial charge is 0.251 e. The molecule has 1 N–H and O–H groups in total. The lowest BCUT2D eigenvalue weighted by Crippen LogP contribution is -2.25. The second-order valence-electron chi connectivity index (χ2n) is 8.59. The first-order valence-electron chi connectivity index (χ1n) is 11.9. The maximum Gasteiger partial charge on any atom is 0.251 e. The molecular formula is C28H32N4O2. The molecule has 0 saturated heterocycles. The number of imidazole rings is 1. The van der Waals surface area contributed by atoms with Crippen molar-refractivity contribution in [2.24, 2.45) is 0 Å². The van der Waals surface area contributed by atoms with Crippen LogP contribution in [0, 0.1) is 13.8 Å². The third-order valence-corrected chi connectivity index (χ3v) is 5.92. The van der Waals surface area contributed by atoms with Crippen molar-refractivity contribution in [1.29, 1.82) is 0 Å². The Labute approximate surface area is 201 Å². The summed E-state index contributed by atoms with van der Waals surface area (Å²) in [5.41, 5.74) is 5.20. The summed E-state index contributed by atoms with van der Waals surface area (Å²) in [6.07, 6.45) is 6.88. The van der Waals surface area contributed by atoms with Crippen LogP contribution in [0.1, 0.15) is 46.6 Å². The highest BCUT2D eigenvalue weighted by Gasteiger charge is 2.11. The van der Waals surface area contributed by atoms with E-state index in [1.807, 2.05) is 6.07 Å². The molecule has 6 heteroatoms. The Hall–Kier alpha value is -3.67. The monoisotopic (exact) mass is 456 g/mol. The molecule has 0 saturated carbocycles. The minimum Gasteiger partial charge on any atom is -0.493 e. The molecule has 2 heterocycles. The molecule has 0 radical (unpaired) electrons. The van der Waals surface area contributed by atoms with Crippen LogP contribution in [0.2, 0.25) is 0 Å². The highest BCUT2D eigenvalue weighted by molar-refractivity contribution is 5.93. The van der Waals surface area contributed by atoms with Gasteiger partial charge in [-0.05, 0) is 74.6 Å². The van der Waals surface area contributed by atoms with Crippen LogP contribution in [-0.2, 0) is 13.0 Å². The summed E-state index contributed by atoms with van der Waals surface area (Å²) in [7, 11) is 0. The Balaban J connectivity index is 1.30. The molecule has 6 nitrogen and oxygen atoms in total. The molecule has 0 aliphatic rings. The minimum atomic E-state index is -0.0697. The van der Waals surface area contributed by atoms with Crippen molar-refractivity contribution in [3.63, 3.8) is 0 Å². The Morgan fingerprint density at radius 2 is 1.82 bits per heavy atom. The molecule has 2 aromatic heterocycles. The highest BCUT2D eigenvalue weighted by atomic mass is 16.5. The molecule has 0 fully saturated rings. The Kier molecular flexibility index (Phi) is 7.91. The zero-order valence-corrected chi connectivity index (χ0v) is 20.0. The molecule has 4 rings (SSSR count). The normalized spacial score (nSPS) is 11.0. The number of amides is 1. The number of fused-ring (bicyclic) bond motifs is 1. The van der Waals surface area contributed by atoms with Crippen molar-refractivity contribution in [1.82, 2.24) is 19.9 Å². The third-order valence-electron chi connectivity index (χ3n) is 5.92. The maximum absolute atomic E-state index is 12.2. The van der Waals surface area contributed by atoms with Crippen molar-refractivity contribution in [3.05, 3.63) is 89.5 Å². The summed E-state index contributed by atoms with van der Waals surface area (Å²) >= 11 is 0. The molecule has 0 atom stereocenters. The van der Waals surface area contributed by atoms with Gasteiger partial charge in [0.1, 0.15) is 11.6 Å². The van der Waals surface area contributed by atoms with E-state index >= 15 is 0 Å². The van der Waals surface area contributed by atoms with Crippen LogP contribution in [0.5, 0.6) is 5.75 Å². The van der Waals surface area contributed by atoms with Gasteiger partial charge >= 0.3 is 0 Å². The van der Waals surface area contributed by atoms with Crippen LogP contribution in [0.4, 0.5) is 0 Å². The number of rotatable bonds is 11. The van der Waals surface area contributed by atoms with E-state index in [0.29, 0.717) is 18.7 Å². The van der Waals surface area contributed by atoms with E-state index in [0.717, 1.165) is 54.8 Å². The Morgan fingerprint density at radius 1 is 1.00 bits per heavy atom. The van der Waals surface area contributed by atoms with Crippen LogP contribution in [0.25, 0.3) is 11.0 Å². The zero-order chi connectivity index (χ0) is 23.8. The number of carbonyl (C=O) groups excluding carboxylic acids is 1. The fourth-order valence-corrected chi connectivity index (χ4v) is 4.04. The number of nitrogens with one attached hydrogen (secondary N) is 1. The quantitative estimate of drug-likeness (QED) is 0.312. The van der Waals surface area contributed by atoms with Gasteiger partial charge in [0.05, 0.1) is 17.6 Å². The topological polar surface area (TPSA) is 69.0 Å². The van der Waals surface area contributed by atoms with Gasteiger partial charge < -0.3 is 14.6 Å². The second kappa shape index (κ2) is 11.5. The summed E-state index contributed by atoms with van der Waals surface area (Å²) in [6, 6.07) is 18.0. The van der Waals surface area contributed by atoms with Gasteiger partial charge in [-0.1, -0.05) is 24.3 Å². The summed E-state index contributed by atoms with van der Waals surface area (Å²) in [5.74, 6) is 1.97. The number of unbranched alkanes of at least 4 members (excludes halogenated alkanes) is 1. The first-order chi connectivity index (χ1) is 16.6. The van der Waals surface area contributed by atoms with Gasteiger partial charge in [-0.25, -0.2) is 4.98 Å². The SMILES string of the molecule is Cc1ccc(C)c(OCCCCn2c(CCCNC(=O)c3ccncc3)nc3ccccc32)c1. The second-order valence-corrected chi connectivity index (χ2v) is 8.59. The van der Waals surface area contributed by atoms with E-state index in [2.05, 4.69) is 65.1 Å². The minimum absolute atomic E-state index is 0.0697. The fraction of sp³-hybridized carbons (Fsp3) is 0.321. The van der Waals surface area contributed by atoms with Crippen molar-refractivity contribution in [3.8, 4) is 5.75 Å². The van der Waals surface area contributed by atoms with Crippen LogP contribution < -0.4 is 10.1 Å². The molecule has 176 valence electrons. The molecule has 0 unspecified atom stereocenters. The first-order valence-corrected chi connectivity index (χ1v) is 11.9. The van der Waals surface area contributed by atoms with Crippen molar-refractivity contribution in [2.45, 2.75) is 46.1 Å². The maximum atomic E-state index is 12.2. The summed E-state index contributed by atoms with van der Waals surface area (Å²) in [5, 5.41) is 2.99. The van der Waals surface area contributed by atoms with E-state index in [-0.39, 0.29) is 5.91 Å². The predicted octanol–water partition coefficient (Wildman–Crippen LogP) is 5.27. The van der Waals surface area contributed by atoms with Gasteiger partial charge in [-0.15, -0.1) is 0 Å². The fourth-order valence-electron chi connectivity index (χ4n) is 4.04. The molecule has 1 amide bonds.